The van der Waals surface area contributed by atoms with Gasteiger partial charge >= 0.3 is 0 Å². The number of aldehydes is 1. The minimum atomic E-state index is 0.737. The van der Waals surface area contributed by atoms with Crippen LogP contribution in [0.1, 0.15) is 20.4 Å². The SMILES string of the molecule is Cc1nc(CN2CCN(c3ncccn3)CC2)sc1C=O. The molecule has 3 heterocycles. The van der Waals surface area contributed by atoms with Crippen LogP contribution in [-0.2, 0) is 6.54 Å². The molecule has 6 nitrogen and oxygen atoms in total. The van der Waals surface area contributed by atoms with Gasteiger partial charge in [0.2, 0.25) is 5.95 Å². The summed E-state index contributed by atoms with van der Waals surface area (Å²) >= 11 is 1.49. The van der Waals surface area contributed by atoms with Crippen LogP contribution >= 0.6 is 11.3 Å². The van der Waals surface area contributed by atoms with Crippen LogP contribution in [0.2, 0.25) is 0 Å². The summed E-state index contributed by atoms with van der Waals surface area (Å²) in [5.41, 5.74) is 0.835. The number of thiazole rings is 1. The molecule has 0 bridgehead atoms. The topological polar surface area (TPSA) is 62.2 Å². The van der Waals surface area contributed by atoms with Crippen LogP contribution in [-0.4, -0.2) is 52.3 Å². The number of hydrogen-bond donors (Lipinski definition) is 0. The lowest BCUT2D eigenvalue weighted by atomic mass is 10.3. The molecule has 1 saturated heterocycles. The number of carbonyl (C=O) groups is 1. The molecule has 3 rings (SSSR count). The highest BCUT2D eigenvalue weighted by Crippen LogP contribution is 2.19. The zero-order valence-electron chi connectivity index (χ0n) is 11.9. The maximum Gasteiger partial charge on any atom is 0.225 e. The summed E-state index contributed by atoms with van der Waals surface area (Å²) in [6.07, 6.45) is 4.43. The lowest BCUT2D eigenvalue weighted by Crippen LogP contribution is -2.46. The molecule has 0 radical (unpaired) electrons. The van der Waals surface area contributed by atoms with Crippen molar-refractivity contribution in [3.63, 3.8) is 0 Å². The largest absolute Gasteiger partial charge is 0.338 e. The molecule has 1 aliphatic rings. The summed E-state index contributed by atoms with van der Waals surface area (Å²) in [6, 6.07) is 1.83. The minimum absolute atomic E-state index is 0.737. The van der Waals surface area contributed by atoms with E-state index < -0.39 is 0 Å². The first kappa shape index (κ1) is 14.1. The summed E-state index contributed by atoms with van der Waals surface area (Å²) in [6.45, 7) is 6.42. The third-order valence-electron chi connectivity index (χ3n) is 3.55. The van der Waals surface area contributed by atoms with Crippen LogP contribution in [0.15, 0.2) is 18.5 Å². The normalized spacial score (nSPS) is 16.1. The zero-order chi connectivity index (χ0) is 14.7. The van der Waals surface area contributed by atoms with Crippen molar-refractivity contribution >= 4 is 23.6 Å². The fourth-order valence-electron chi connectivity index (χ4n) is 2.39. The third-order valence-corrected chi connectivity index (χ3v) is 4.62. The molecule has 1 fully saturated rings. The van der Waals surface area contributed by atoms with Crippen LogP contribution in [0.3, 0.4) is 0 Å². The number of rotatable bonds is 4. The Bertz CT molecular complexity index is 607. The molecule has 0 N–H and O–H groups in total. The average Bonchev–Trinajstić information content (AvgIpc) is 2.88. The van der Waals surface area contributed by atoms with Crippen molar-refractivity contribution in [3.05, 3.63) is 34.0 Å². The predicted molar refractivity (Wildman–Crippen MR) is 81.8 cm³/mol. The molecule has 0 spiro atoms. The first-order valence-corrected chi connectivity index (χ1v) is 7.73. The fourth-order valence-corrected chi connectivity index (χ4v) is 3.32. The molecule has 2 aromatic heterocycles. The quantitative estimate of drug-likeness (QED) is 0.795. The number of piperazine rings is 1. The smallest absolute Gasteiger partial charge is 0.225 e. The molecule has 21 heavy (non-hydrogen) atoms. The second-order valence-corrected chi connectivity index (χ2v) is 6.10. The van der Waals surface area contributed by atoms with Crippen molar-refractivity contribution in [2.24, 2.45) is 0 Å². The highest BCUT2D eigenvalue weighted by Gasteiger charge is 2.20. The Balaban J connectivity index is 1.57. The number of aromatic nitrogens is 3. The standard InChI is InChI=1S/C14H17N5OS/c1-11-12(10-20)21-13(17-11)9-18-5-7-19(8-6-18)14-15-3-2-4-16-14/h2-4,10H,5-9H2,1H3. The molecule has 1 aliphatic heterocycles. The Kier molecular flexibility index (Phi) is 4.21. The second-order valence-electron chi connectivity index (χ2n) is 4.99. The molecule has 0 atom stereocenters. The first-order chi connectivity index (χ1) is 10.3. The van der Waals surface area contributed by atoms with E-state index in [9.17, 15) is 4.79 Å². The van der Waals surface area contributed by atoms with Crippen molar-refractivity contribution in [2.45, 2.75) is 13.5 Å². The van der Waals surface area contributed by atoms with Crippen LogP contribution in [0.25, 0.3) is 0 Å². The summed E-state index contributed by atoms with van der Waals surface area (Å²) in [4.78, 5) is 29.2. The Labute approximate surface area is 127 Å². The van der Waals surface area contributed by atoms with E-state index in [0.717, 1.165) is 60.5 Å². The molecule has 0 amide bonds. The summed E-state index contributed by atoms with van der Waals surface area (Å²) in [5, 5.41) is 1.01. The van der Waals surface area contributed by atoms with Crippen molar-refractivity contribution in [3.8, 4) is 0 Å². The fraction of sp³-hybridized carbons (Fsp3) is 0.429. The van der Waals surface area contributed by atoms with Crippen molar-refractivity contribution < 1.29 is 4.79 Å². The zero-order valence-corrected chi connectivity index (χ0v) is 12.7. The molecule has 0 aromatic carbocycles. The Hall–Kier alpha value is -1.86. The summed E-state index contributed by atoms with van der Waals surface area (Å²) < 4.78 is 0. The summed E-state index contributed by atoms with van der Waals surface area (Å²) in [7, 11) is 0. The number of aryl methyl sites for hydroxylation is 1. The van der Waals surface area contributed by atoms with Gasteiger partial charge in [-0.25, -0.2) is 15.0 Å². The van der Waals surface area contributed by atoms with Gasteiger partial charge in [-0.05, 0) is 13.0 Å². The van der Waals surface area contributed by atoms with Gasteiger partial charge in [0.25, 0.3) is 0 Å². The van der Waals surface area contributed by atoms with Crippen molar-refractivity contribution in [1.29, 1.82) is 0 Å². The Morgan fingerprint density at radius 3 is 2.57 bits per heavy atom. The van der Waals surface area contributed by atoms with Gasteiger partial charge < -0.3 is 4.90 Å². The minimum Gasteiger partial charge on any atom is -0.338 e. The van der Waals surface area contributed by atoms with E-state index in [1.165, 1.54) is 11.3 Å². The van der Waals surface area contributed by atoms with Crippen LogP contribution in [0.4, 0.5) is 5.95 Å². The maximum absolute atomic E-state index is 10.9. The van der Waals surface area contributed by atoms with Crippen LogP contribution in [0.5, 0.6) is 0 Å². The Morgan fingerprint density at radius 1 is 1.24 bits per heavy atom. The van der Waals surface area contributed by atoms with Crippen molar-refractivity contribution in [2.75, 3.05) is 31.1 Å². The monoisotopic (exact) mass is 303 g/mol. The van der Waals surface area contributed by atoms with Gasteiger partial charge in [0, 0.05) is 38.6 Å². The second kappa shape index (κ2) is 6.28. The number of carbonyl (C=O) groups excluding carboxylic acids is 1. The molecule has 0 aliphatic carbocycles. The molecule has 0 saturated carbocycles. The number of nitrogens with zero attached hydrogens (tertiary/aromatic N) is 5. The van der Waals surface area contributed by atoms with Gasteiger partial charge in [-0.1, -0.05) is 0 Å². The summed E-state index contributed by atoms with van der Waals surface area (Å²) in [5.74, 6) is 0.797. The van der Waals surface area contributed by atoms with Crippen molar-refractivity contribution in [1.82, 2.24) is 19.9 Å². The molecular formula is C14H17N5OS. The molecular weight excluding hydrogens is 286 g/mol. The predicted octanol–water partition coefficient (Wildman–Crippen LogP) is 1.38. The van der Waals surface area contributed by atoms with E-state index in [-0.39, 0.29) is 0 Å². The van der Waals surface area contributed by atoms with E-state index >= 15 is 0 Å². The van der Waals surface area contributed by atoms with E-state index in [1.54, 1.807) is 12.4 Å². The highest BCUT2D eigenvalue weighted by atomic mass is 32.1. The van der Waals surface area contributed by atoms with Crippen LogP contribution < -0.4 is 4.90 Å². The van der Waals surface area contributed by atoms with Gasteiger partial charge in [0.1, 0.15) is 5.01 Å². The Morgan fingerprint density at radius 2 is 1.95 bits per heavy atom. The van der Waals surface area contributed by atoms with Gasteiger partial charge in [0.05, 0.1) is 17.1 Å². The van der Waals surface area contributed by atoms with E-state index in [4.69, 9.17) is 0 Å². The van der Waals surface area contributed by atoms with Crippen LogP contribution in [0, 0.1) is 6.92 Å². The molecule has 0 unspecified atom stereocenters. The number of anilines is 1. The number of hydrogen-bond acceptors (Lipinski definition) is 7. The lowest BCUT2D eigenvalue weighted by molar-refractivity contribution is 0.112. The maximum atomic E-state index is 10.9. The molecule has 7 heteroatoms. The van der Waals surface area contributed by atoms with E-state index in [0.29, 0.717) is 0 Å². The van der Waals surface area contributed by atoms with Gasteiger partial charge in [-0.15, -0.1) is 11.3 Å². The van der Waals surface area contributed by atoms with E-state index in [1.807, 2.05) is 13.0 Å². The van der Waals surface area contributed by atoms with Gasteiger partial charge in [-0.3, -0.25) is 9.69 Å². The van der Waals surface area contributed by atoms with Gasteiger partial charge in [0.15, 0.2) is 6.29 Å². The molecule has 110 valence electrons. The third kappa shape index (κ3) is 3.25. The lowest BCUT2D eigenvalue weighted by Gasteiger charge is -2.34. The van der Waals surface area contributed by atoms with E-state index in [2.05, 4.69) is 24.8 Å². The first-order valence-electron chi connectivity index (χ1n) is 6.92. The average molecular weight is 303 g/mol. The highest BCUT2D eigenvalue weighted by molar-refractivity contribution is 7.13. The molecule has 2 aromatic rings. The van der Waals surface area contributed by atoms with Gasteiger partial charge in [-0.2, -0.15) is 0 Å².